The Kier molecular flexibility index (Phi) is 9.07. The van der Waals surface area contributed by atoms with Crippen molar-refractivity contribution in [2.24, 2.45) is 0 Å². The number of aliphatic hydroxyl groups is 2. The van der Waals surface area contributed by atoms with Gasteiger partial charge in [-0.15, -0.1) is 0 Å². The van der Waals surface area contributed by atoms with Crippen LogP contribution in [0, 0.1) is 0 Å². The van der Waals surface area contributed by atoms with Crippen LogP contribution in [-0.4, -0.2) is 105 Å². The van der Waals surface area contributed by atoms with Gasteiger partial charge in [0.1, 0.15) is 18.3 Å². The number of methoxy groups -OCH3 is 3. The van der Waals surface area contributed by atoms with Crippen LogP contribution in [0.25, 0.3) is 0 Å². The molecule has 0 aromatic rings. The van der Waals surface area contributed by atoms with Gasteiger partial charge in [0.25, 0.3) is 0 Å². The van der Waals surface area contributed by atoms with Crippen molar-refractivity contribution in [3.8, 4) is 0 Å². The third-order valence-electron chi connectivity index (χ3n) is 6.43. The van der Waals surface area contributed by atoms with E-state index in [4.69, 9.17) is 37.9 Å². The van der Waals surface area contributed by atoms with Gasteiger partial charge in [0.15, 0.2) is 18.9 Å². The van der Waals surface area contributed by atoms with Gasteiger partial charge in [0.05, 0.1) is 36.6 Å². The van der Waals surface area contributed by atoms with Crippen molar-refractivity contribution in [1.82, 2.24) is 0 Å². The molecule has 3 fully saturated rings. The van der Waals surface area contributed by atoms with Crippen molar-refractivity contribution in [2.75, 3.05) is 21.3 Å². The zero-order valence-electron chi connectivity index (χ0n) is 19.2. The Bertz CT molecular complexity index is 550. The van der Waals surface area contributed by atoms with E-state index in [-0.39, 0.29) is 42.7 Å². The van der Waals surface area contributed by atoms with Gasteiger partial charge in [-0.1, -0.05) is 0 Å². The first-order chi connectivity index (χ1) is 14.8. The fraction of sp³-hybridized carbons (Fsp3) is 1.00. The Morgan fingerprint density at radius 1 is 0.613 bits per heavy atom. The standard InChI is InChI=1S/C21H38O10/c1-10-19(23)13(24-4)8-17(28-10)30-21-12(3)29-18(9-15(21)26-6)31-20-11(2)27-16(22)7-14(20)25-5/h10-23H,7-9H2,1-6H3/t10-,11-,12-,13+,14+,15+,16-,17+,18+,19-,20-,21-/m0/s1. The second-order valence-corrected chi connectivity index (χ2v) is 8.56. The summed E-state index contributed by atoms with van der Waals surface area (Å²) in [6, 6.07) is 0. The lowest BCUT2D eigenvalue weighted by atomic mass is 9.99. The molecule has 0 aliphatic carbocycles. The van der Waals surface area contributed by atoms with Gasteiger partial charge in [-0.2, -0.15) is 0 Å². The molecule has 0 unspecified atom stereocenters. The van der Waals surface area contributed by atoms with Gasteiger partial charge < -0.3 is 48.1 Å². The number of hydrogen-bond donors (Lipinski definition) is 2. The molecular weight excluding hydrogens is 412 g/mol. The zero-order chi connectivity index (χ0) is 22.7. The van der Waals surface area contributed by atoms with E-state index >= 15 is 0 Å². The van der Waals surface area contributed by atoms with Crippen molar-refractivity contribution in [3.05, 3.63) is 0 Å². The average molecular weight is 451 g/mol. The van der Waals surface area contributed by atoms with E-state index in [1.807, 2.05) is 13.8 Å². The van der Waals surface area contributed by atoms with E-state index in [2.05, 4.69) is 0 Å². The van der Waals surface area contributed by atoms with E-state index in [9.17, 15) is 10.2 Å². The van der Waals surface area contributed by atoms with E-state index in [0.29, 0.717) is 19.3 Å². The van der Waals surface area contributed by atoms with E-state index < -0.39 is 31.1 Å². The van der Waals surface area contributed by atoms with Gasteiger partial charge >= 0.3 is 0 Å². The molecule has 0 aromatic heterocycles. The Morgan fingerprint density at radius 2 is 1.06 bits per heavy atom. The van der Waals surface area contributed by atoms with E-state index in [1.165, 1.54) is 0 Å². The van der Waals surface area contributed by atoms with Crippen molar-refractivity contribution in [3.63, 3.8) is 0 Å². The second-order valence-electron chi connectivity index (χ2n) is 8.56. The van der Waals surface area contributed by atoms with Gasteiger partial charge in [-0.05, 0) is 20.8 Å². The first-order valence-corrected chi connectivity index (χ1v) is 11.0. The monoisotopic (exact) mass is 450 g/mol. The fourth-order valence-electron chi connectivity index (χ4n) is 4.64. The maximum atomic E-state index is 10.2. The van der Waals surface area contributed by atoms with Crippen LogP contribution in [0.1, 0.15) is 40.0 Å². The molecule has 2 N–H and O–H groups in total. The van der Waals surface area contributed by atoms with Gasteiger partial charge in [0.2, 0.25) is 0 Å². The lowest BCUT2D eigenvalue weighted by Gasteiger charge is -2.45. The summed E-state index contributed by atoms with van der Waals surface area (Å²) < 4.78 is 46.4. The van der Waals surface area contributed by atoms with Crippen LogP contribution in [0.3, 0.4) is 0 Å². The summed E-state index contributed by atoms with van der Waals surface area (Å²) in [4.78, 5) is 0. The first-order valence-electron chi connectivity index (χ1n) is 11.0. The number of hydrogen-bond acceptors (Lipinski definition) is 10. The topological polar surface area (TPSA) is 114 Å². The molecule has 3 saturated heterocycles. The van der Waals surface area contributed by atoms with Crippen molar-refractivity contribution < 1.29 is 48.1 Å². The minimum absolute atomic E-state index is 0.285. The molecule has 0 aromatic carbocycles. The van der Waals surface area contributed by atoms with Crippen LogP contribution in [0.2, 0.25) is 0 Å². The van der Waals surface area contributed by atoms with Crippen LogP contribution < -0.4 is 0 Å². The molecule has 3 aliphatic rings. The first kappa shape index (κ1) is 25.2. The quantitative estimate of drug-likeness (QED) is 0.570. The molecule has 0 amide bonds. The van der Waals surface area contributed by atoms with E-state index in [0.717, 1.165) is 0 Å². The van der Waals surface area contributed by atoms with Gasteiger partial charge in [-0.3, -0.25) is 0 Å². The molecule has 10 heteroatoms. The Balaban J connectivity index is 1.60. The summed E-state index contributed by atoms with van der Waals surface area (Å²) in [6.07, 6.45) is -4.26. The van der Waals surface area contributed by atoms with Gasteiger partial charge in [-0.25, -0.2) is 0 Å². The molecule has 3 aliphatic heterocycles. The summed E-state index contributed by atoms with van der Waals surface area (Å²) >= 11 is 0. The molecular formula is C21H38O10. The predicted molar refractivity (Wildman–Crippen MR) is 107 cm³/mol. The van der Waals surface area contributed by atoms with Crippen LogP contribution in [-0.2, 0) is 37.9 Å². The van der Waals surface area contributed by atoms with Crippen molar-refractivity contribution in [2.45, 2.75) is 114 Å². The van der Waals surface area contributed by atoms with E-state index in [1.54, 1.807) is 28.3 Å². The smallest absolute Gasteiger partial charge is 0.161 e. The molecule has 10 nitrogen and oxygen atoms in total. The van der Waals surface area contributed by atoms with Crippen LogP contribution in [0.15, 0.2) is 0 Å². The van der Waals surface area contributed by atoms with Crippen LogP contribution >= 0.6 is 0 Å². The third-order valence-corrected chi connectivity index (χ3v) is 6.43. The molecule has 3 heterocycles. The molecule has 31 heavy (non-hydrogen) atoms. The average Bonchev–Trinajstić information content (AvgIpc) is 2.73. The third kappa shape index (κ3) is 5.94. The minimum Gasteiger partial charge on any atom is -0.388 e. The molecule has 182 valence electrons. The summed E-state index contributed by atoms with van der Waals surface area (Å²) in [5.74, 6) is 0. The number of aliphatic hydroxyl groups excluding tert-OH is 2. The highest BCUT2D eigenvalue weighted by Crippen LogP contribution is 2.33. The van der Waals surface area contributed by atoms with Crippen molar-refractivity contribution >= 4 is 0 Å². The lowest BCUT2D eigenvalue weighted by Crippen LogP contribution is -2.56. The van der Waals surface area contributed by atoms with Crippen LogP contribution in [0.4, 0.5) is 0 Å². The highest BCUT2D eigenvalue weighted by Gasteiger charge is 2.45. The Hall–Kier alpha value is -0.400. The van der Waals surface area contributed by atoms with Crippen molar-refractivity contribution in [1.29, 1.82) is 0 Å². The second kappa shape index (κ2) is 11.1. The number of ether oxygens (including phenoxy) is 8. The summed E-state index contributed by atoms with van der Waals surface area (Å²) in [7, 11) is 4.79. The minimum atomic E-state index is -0.872. The normalized spacial score (nSPS) is 49.2. The molecule has 0 spiro atoms. The highest BCUT2D eigenvalue weighted by atomic mass is 16.7. The molecule has 0 bridgehead atoms. The fourth-order valence-corrected chi connectivity index (χ4v) is 4.64. The molecule has 3 rings (SSSR count). The largest absolute Gasteiger partial charge is 0.388 e. The lowest BCUT2D eigenvalue weighted by molar-refractivity contribution is -0.334. The maximum Gasteiger partial charge on any atom is 0.161 e. The Morgan fingerprint density at radius 3 is 1.61 bits per heavy atom. The summed E-state index contributed by atoms with van der Waals surface area (Å²) in [6.45, 7) is 5.54. The maximum absolute atomic E-state index is 10.2. The van der Waals surface area contributed by atoms with Gasteiger partial charge in [0, 0.05) is 40.6 Å². The zero-order valence-corrected chi connectivity index (χ0v) is 19.2. The summed E-state index contributed by atoms with van der Waals surface area (Å²) in [5, 5.41) is 20.0. The summed E-state index contributed by atoms with van der Waals surface area (Å²) in [5.41, 5.74) is 0. The Labute approximate surface area is 184 Å². The molecule has 12 atom stereocenters. The molecule has 0 radical (unpaired) electrons. The highest BCUT2D eigenvalue weighted by molar-refractivity contribution is 4.88. The SMILES string of the molecule is CO[C@@H]1C[C@@H](O[C@H]2[C@H](C)O[C@H](O[C@H]3[C@H](C)O[C@H](O)C[C@H]3OC)C[C@H]2OC)O[C@@H](C)[C@@H]1O. The number of rotatable bonds is 7. The molecule has 0 saturated carbocycles. The predicted octanol–water partition coefficient (Wildman–Crippen LogP) is 0.560. The van der Waals surface area contributed by atoms with Crippen LogP contribution in [0.5, 0.6) is 0 Å².